The molecule has 3 aromatic rings. The molecule has 1 aromatic heterocycles. The summed E-state index contributed by atoms with van der Waals surface area (Å²) >= 11 is 13.8. The highest BCUT2D eigenvalue weighted by atomic mass is 35.5. The maximum atomic E-state index is 12.8. The number of hydrogen-bond acceptors (Lipinski definition) is 7. The minimum Gasteiger partial charge on any atom is -0.450 e. The third kappa shape index (κ3) is 4.44. The molecule has 30 heavy (non-hydrogen) atoms. The number of nitrogens with zero attached hydrogens (tertiary/aromatic N) is 2. The zero-order valence-corrected chi connectivity index (χ0v) is 18.2. The molecule has 1 aliphatic heterocycles. The maximum absolute atomic E-state index is 12.8. The minimum atomic E-state index is -0.496. The van der Waals surface area contributed by atoms with E-state index in [1.165, 1.54) is 40.9 Å². The van der Waals surface area contributed by atoms with E-state index in [-0.39, 0.29) is 11.6 Å². The second-order valence-corrected chi connectivity index (χ2v) is 9.19. The Balaban J connectivity index is 1.51. The number of carbonyl (C=O) groups is 1. The predicted octanol–water partition coefficient (Wildman–Crippen LogP) is 6.40. The van der Waals surface area contributed by atoms with Gasteiger partial charge in [0.25, 0.3) is 11.6 Å². The van der Waals surface area contributed by atoms with Crippen LogP contribution in [0.4, 0.5) is 11.4 Å². The first-order valence-electron chi connectivity index (χ1n) is 8.46. The lowest BCUT2D eigenvalue weighted by Gasteiger charge is -2.13. The average Bonchev–Trinajstić information content (AvgIpc) is 3.27. The van der Waals surface area contributed by atoms with E-state index < -0.39 is 4.92 Å². The van der Waals surface area contributed by atoms with Crippen LogP contribution in [0.3, 0.4) is 0 Å². The lowest BCUT2D eigenvalue weighted by atomic mass is 10.2. The quantitative estimate of drug-likeness (QED) is 0.183. The van der Waals surface area contributed by atoms with Crippen molar-refractivity contribution in [3.8, 4) is 0 Å². The van der Waals surface area contributed by atoms with Crippen molar-refractivity contribution in [1.82, 2.24) is 0 Å². The molecule has 0 N–H and O–H groups in total. The summed E-state index contributed by atoms with van der Waals surface area (Å²) < 4.78 is 6.15. The Hall–Kier alpha value is -2.59. The molecule has 0 radical (unpaired) electrons. The molecule has 0 saturated carbocycles. The highest BCUT2D eigenvalue weighted by Crippen LogP contribution is 2.37. The van der Waals surface area contributed by atoms with Crippen molar-refractivity contribution in [2.24, 2.45) is 0 Å². The Kier molecular flexibility index (Phi) is 5.96. The number of nitro groups is 1. The van der Waals surface area contributed by atoms with Gasteiger partial charge in [0.2, 0.25) is 0 Å². The number of thiocarbonyl (C=S) groups is 1. The van der Waals surface area contributed by atoms with E-state index >= 15 is 0 Å². The first kappa shape index (κ1) is 20.7. The van der Waals surface area contributed by atoms with E-state index in [1.807, 2.05) is 18.2 Å². The highest BCUT2D eigenvalue weighted by Gasteiger charge is 2.33. The normalized spacial score (nSPS) is 15.2. The molecule has 1 saturated heterocycles. The van der Waals surface area contributed by atoms with Crippen molar-refractivity contribution in [2.75, 3.05) is 4.90 Å². The molecule has 0 atom stereocenters. The van der Waals surface area contributed by atoms with Crippen molar-refractivity contribution in [3.05, 3.63) is 86.5 Å². The Morgan fingerprint density at radius 1 is 1.10 bits per heavy atom. The smallest absolute Gasteiger partial charge is 0.270 e. The fourth-order valence-corrected chi connectivity index (χ4v) is 4.81. The van der Waals surface area contributed by atoms with Crippen molar-refractivity contribution in [3.63, 3.8) is 0 Å². The lowest BCUT2D eigenvalue weighted by Crippen LogP contribution is -2.27. The Morgan fingerprint density at radius 2 is 1.80 bits per heavy atom. The third-order valence-electron chi connectivity index (χ3n) is 4.02. The number of anilines is 1. The van der Waals surface area contributed by atoms with Crippen LogP contribution in [0.5, 0.6) is 0 Å². The van der Waals surface area contributed by atoms with Crippen LogP contribution in [-0.4, -0.2) is 15.2 Å². The molecule has 0 bridgehead atoms. The molecule has 2 aromatic carbocycles. The second kappa shape index (κ2) is 8.65. The van der Waals surface area contributed by atoms with Gasteiger partial charge >= 0.3 is 0 Å². The number of furan rings is 1. The first-order chi connectivity index (χ1) is 14.4. The van der Waals surface area contributed by atoms with Gasteiger partial charge in [0, 0.05) is 28.1 Å². The number of thioether (sulfide) groups is 1. The summed E-state index contributed by atoms with van der Waals surface area (Å²) in [6, 6.07) is 16.7. The summed E-state index contributed by atoms with van der Waals surface area (Å²) in [5.74, 6) is 0.220. The number of amides is 1. The largest absolute Gasteiger partial charge is 0.450 e. The molecule has 1 fully saturated rings. The highest BCUT2D eigenvalue weighted by molar-refractivity contribution is 8.27. The van der Waals surface area contributed by atoms with Gasteiger partial charge in [0.1, 0.15) is 5.76 Å². The van der Waals surface area contributed by atoms with Gasteiger partial charge in [-0.1, -0.05) is 47.3 Å². The van der Waals surface area contributed by atoms with Crippen LogP contribution in [0.2, 0.25) is 5.02 Å². The molecule has 10 heteroatoms. The van der Waals surface area contributed by atoms with Crippen LogP contribution in [-0.2, 0) is 4.79 Å². The molecule has 4 rings (SSSR count). The van der Waals surface area contributed by atoms with Gasteiger partial charge in [-0.05, 0) is 48.5 Å². The molecule has 150 valence electrons. The van der Waals surface area contributed by atoms with E-state index in [0.717, 1.165) is 16.7 Å². The monoisotopic (exact) mass is 474 g/mol. The summed E-state index contributed by atoms with van der Waals surface area (Å²) in [7, 11) is 0. The summed E-state index contributed by atoms with van der Waals surface area (Å²) in [5, 5.41) is 12.2. The Bertz CT molecular complexity index is 1170. The van der Waals surface area contributed by atoms with Crippen LogP contribution in [0.1, 0.15) is 5.76 Å². The van der Waals surface area contributed by atoms with Gasteiger partial charge < -0.3 is 4.42 Å². The van der Waals surface area contributed by atoms with Crippen molar-refractivity contribution in [2.45, 2.75) is 9.99 Å². The fraction of sp³-hybridized carbons (Fsp3) is 0. The number of benzene rings is 2. The Labute approximate surface area is 190 Å². The molecule has 2 heterocycles. The lowest BCUT2D eigenvalue weighted by molar-refractivity contribution is -0.384. The molecule has 0 aliphatic carbocycles. The summed E-state index contributed by atoms with van der Waals surface area (Å²) in [6.45, 7) is 0. The summed E-state index contributed by atoms with van der Waals surface area (Å²) in [5.41, 5.74) is 0.422. The number of non-ortho nitro benzene ring substituents is 1. The van der Waals surface area contributed by atoms with Gasteiger partial charge in [0.05, 0.1) is 15.5 Å². The first-order valence-corrected chi connectivity index (χ1v) is 10.9. The van der Waals surface area contributed by atoms with Crippen LogP contribution in [0, 0.1) is 10.1 Å². The molecular weight excluding hydrogens is 464 g/mol. The number of halogens is 1. The van der Waals surface area contributed by atoms with Crippen LogP contribution in [0.25, 0.3) is 6.08 Å². The van der Waals surface area contributed by atoms with E-state index in [9.17, 15) is 14.9 Å². The standard InChI is InChI=1S/C20H11ClN2O4S3/c21-12-1-8-16(9-2-12)29-18-10-7-15(27-18)11-17-19(24)22(20(28)30-17)13-3-5-14(6-4-13)23(25)26/h1-11H/b17-11+. The van der Waals surface area contributed by atoms with Crippen molar-refractivity contribution >= 4 is 75.0 Å². The van der Waals surface area contributed by atoms with Crippen molar-refractivity contribution in [1.29, 1.82) is 0 Å². The maximum Gasteiger partial charge on any atom is 0.270 e. The number of rotatable bonds is 5. The van der Waals surface area contributed by atoms with Crippen LogP contribution < -0.4 is 4.90 Å². The number of hydrogen-bond donors (Lipinski definition) is 0. The van der Waals surface area contributed by atoms with Gasteiger partial charge in [-0.25, -0.2) is 0 Å². The van der Waals surface area contributed by atoms with E-state index in [4.69, 9.17) is 28.2 Å². The van der Waals surface area contributed by atoms with E-state index in [1.54, 1.807) is 24.3 Å². The SMILES string of the molecule is O=C1/C(=C\c2ccc(Sc3ccc(Cl)cc3)o2)SC(=S)N1c1ccc([N+](=O)[O-])cc1. The van der Waals surface area contributed by atoms with Gasteiger partial charge in [0.15, 0.2) is 9.41 Å². The molecule has 6 nitrogen and oxygen atoms in total. The third-order valence-corrected chi connectivity index (χ3v) is 6.50. The average molecular weight is 475 g/mol. The van der Waals surface area contributed by atoms with Crippen LogP contribution >= 0.6 is 47.3 Å². The number of nitro benzene ring substituents is 1. The van der Waals surface area contributed by atoms with E-state index in [0.29, 0.717) is 30.8 Å². The van der Waals surface area contributed by atoms with Gasteiger partial charge in [-0.2, -0.15) is 0 Å². The van der Waals surface area contributed by atoms with Gasteiger partial charge in [-0.15, -0.1) is 0 Å². The molecule has 1 aliphatic rings. The Morgan fingerprint density at radius 3 is 2.47 bits per heavy atom. The number of carbonyl (C=O) groups excluding carboxylic acids is 1. The summed E-state index contributed by atoms with van der Waals surface area (Å²) in [6.07, 6.45) is 1.64. The second-order valence-electron chi connectivity index (χ2n) is 6.00. The predicted molar refractivity (Wildman–Crippen MR) is 123 cm³/mol. The fourth-order valence-electron chi connectivity index (χ4n) is 2.63. The zero-order valence-electron chi connectivity index (χ0n) is 15.0. The minimum absolute atomic E-state index is 0.0546. The summed E-state index contributed by atoms with van der Waals surface area (Å²) in [4.78, 5) is 25.9. The molecule has 1 amide bonds. The van der Waals surface area contributed by atoms with E-state index in [2.05, 4.69) is 0 Å². The van der Waals surface area contributed by atoms with Crippen LogP contribution in [0.15, 0.2) is 80.0 Å². The zero-order chi connectivity index (χ0) is 21.3. The molecular formula is C20H11ClN2O4S3. The topological polar surface area (TPSA) is 76.6 Å². The molecule has 0 spiro atoms. The molecule has 0 unspecified atom stereocenters. The van der Waals surface area contributed by atoms with Crippen molar-refractivity contribution < 1.29 is 14.1 Å². The van der Waals surface area contributed by atoms with Gasteiger partial charge in [-0.3, -0.25) is 19.8 Å².